The number of rotatable bonds is 11. The average Bonchev–Trinajstić information content (AvgIpc) is 2.60. The molecule has 0 aliphatic carbocycles. The molecule has 0 N–H and O–H groups in total. The van der Waals surface area contributed by atoms with Crippen LogP contribution >= 0.6 is 0 Å². The van der Waals surface area contributed by atoms with E-state index in [1.54, 1.807) is 0 Å². The van der Waals surface area contributed by atoms with Gasteiger partial charge in [0.15, 0.2) is 0 Å². The fourth-order valence-corrected chi connectivity index (χ4v) is 5.01. The van der Waals surface area contributed by atoms with Crippen LogP contribution in [0.25, 0.3) is 0 Å². The van der Waals surface area contributed by atoms with E-state index >= 15 is 0 Å². The van der Waals surface area contributed by atoms with Crippen molar-refractivity contribution in [3.05, 3.63) is 71.8 Å². The summed E-state index contributed by atoms with van der Waals surface area (Å²) in [5, 5.41) is 0. The van der Waals surface area contributed by atoms with Gasteiger partial charge in [0.25, 0.3) is 0 Å². The standard InChI is InChI=1S/C20H26O2S2/c21-23(17-19-11-5-3-6-12-19)15-9-1-2-10-16-24(22)18-20-13-7-4-8-14-20/h3-8,11-14H,1-2,9-10,15-18H2. The van der Waals surface area contributed by atoms with E-state index in [0.717, 1.165) is 48.3 Å². The van der Waals surface area contributed by atoms with Gasteiger partial charge in [-0.2, -0.15) is 0 Å². The Labute approximate surface area is 150 Å². The molecule has 0 amide bonds. The quantitative estimate of drug-likeness (QED) is 0.554. The third-order valence-corrected chi connectivity index (χ3v) is 6.63. The van der Waals surface area contributed by atoms with Crippen LogP contribution in [0.1, 0.15) is 36.8 Å². The van der Waals surface area contributed by atoms with Crippen LogP contribution in [0.2, 0.25) is 0 Å². The average molecular weight is 363 g/mol. The summed E-state index contributed by atoms with van der Waals surface area (Å²) in [7, 11) is -1.54. The Morgan fingerprint density at radius 1 is 0.542 bits per heavy atom. The predicted molar refractivity (Wildman–Crippen MR) is 105 cm³/mol. The lowest BCUT2D eigenvalue weighted by molar-refractivity contribution is 0.659. The lowest BCUT2D eigenvalue weighted by Gasteiger charge is -2.04. The van der Waals surface area contributed by atoms with Gasteiger partial charge in [-0.25, -0.2) is 0 Å². The van der Waals surface area contributed by atoms with E-state index in [1.165, 1.54) is 0 Å². The van der Waals surface area contributed by atoms with Gasteiger partial charge in [-0.05, 0) is 24.0 Å². The summed E-state index contributed by atoms with van der Waals surface area (Å²) in [6.07, 6.45) is 4.13. The second-order valence-electron chi connectivity index (χ2n) is 5.96. The van der Waals surface area contributed by atoms with Crippen molar-refractivity contribution in [3.8, 4) is 0 Å². The monoisotopic (exact) mass is 362 g/mol. The Kier molecular flexibility index (Phi) is 9.00. The Bertz CT molecular complexity index is 569. The Morgan fingerprint density at radius 3 is 1.29 bits per heavy atom. The molecule has 0 fully saturated rings. The molecule has 0 aliphatic rings. The minimum absolute atomic E-state index is 0.655. The van der Waals surface area contributed by atoms with Crippen LogP contribution < -0.4 is 0 Å². The van der Waals surface area contributed by atoms with Crippen LogP contribution in [0.5, 0.6) is 0 Å². The van der Waals surface area contributed by atoms with Crippen molar-refractivity contribution in [1.29, 1.82) is 0 Å². The molecule has 24 heavy (non-hydrogen) atoms. The van der Waals surface area contributed by atoms with Gasteiger partial charge < -0.3 is 0 Å². The lowest BCUT2D eigenvalue weighted by atomic mass is 10.2. The van der Waals surface area contributed by atoms with Gasteiger partial charge in [0.1, 0.15) is 0 Å². The highest BCUT2D eigenvalue weighted by atomic mass is 32.2. The third kappa shape index (κ3) is 8.02. The summed E-state index contributed by atoms with van der Waals surface area (Å²) < 4.78 is 24.0. The smallest absolute Gasteiger partial charge is 0.0485 e. The van der Waals surface area contributed by atoms with E-state index in [1.807, 2.05) is 60.7 Å². The van der Waals surface area contributed by atoms with E-state index < -0.39 is 21.6 Å². The fraction of sp³-hybridized carbons (Fsp3) is 0.400. The summed E-state index contributed by atoms with van der Waals surface area (Å²) in [4.78, 5) is 0. The summed E-state index contributed by atoms with van der Waals surface area (Å²) in [5.41, 5.74) is 2.29. The number of hydrogen-bond acceptors (Lipinski definition) is 2. The number of benzene rings is 2. The van der Waals surface area contributed by atoms with E-state index in [-0.39, 0.29) is 0 Å². The molecule has 0 aliphatic heterocycles. The molecule has 0 radical (unpaired) electrons. The van der Waals surface area contributed by atoms with Gasteiger partial charge in [0.2, 0.25) is 0 Å². The predicted octanol–water partition coefficient (Wildman–Crippen LogP) is 4.44. The molecule has 0 bridgehead atoms. The summed E-state index contributed by atoms with van der Waals surface area (Å²) in [6, 6.07) is 20.0. The van der Waals surface area contributed by atoms with Crippen LogP contribution in [-0.4, -0.2) is 19.9 Å². The SMILES string of the molecule is O=S(CCCCCCS(=O)Cc1ccccc1)Cc1ccccc1. The molecule has 2 aromatic rings. The molecule has 4 heteroatoms. The first-order chi connectivity index (χ1) is 11.7. The van der Waals surface area contributed by atoms with Crippen molar-refractivity contribution < 1.29 is 8.42 Å². The molecule has 2 rings (SSSR count). The van der Waals surface area contributed by atoms with E-state index in [9.17, 15) is 8.42 Å². The van der Waals surface area contributed by atoms with E-state index in [2.05, 4.69) is 0 Å². The maximum Gasteiger partial charge on any atom is 0.0485 e. The van der Waals surface area contributed by atoms with Crippen LogP contribution in [0.3, 0.4) is 0 Å². The number of unbranched alkanes of at least 4 members (excludes halogenated alkanes) is 3. The van der Waals surface area contributed by atoms with Crippen LogP contribution in [-0.2, 0) is 33.1 Å². The molecule has 2 aromatic carbocycles. The zero-order chi connectivity index (χ0) is 17.0. The van der Waals surface area contributed by atoms with Crippen molar-refractivity contribution >= 4 is 21.6 Å². The van der Waals surface area contributed by atoms with Crippen molar-refractivity contribution in [2.24, 2.45) is 0 Å². The molecular weight excluding hydrogens is 336 g/mol. The summed E-state index contributed by atoms with van der Waals surface area (Å²) >= 11 is 0. The molecule has 2 nitrogen and oxygen atoms in total. The highest BCUT2D eigenvalue weighted by molar-refractivity contribution is 7.84. The van der Waals surface area contributed by atoms with E-state index in [0.29, 0.717) is 11.5 Å². The molecule has 2 atom stereocenters. The van der Waals surface area contributed by atoms with Crippen molar-refractivity contribution in [3.63, 3.8) is 0 Å². The van der Waals surface area contributed by atoms with Gasteiger partial charge in [-0.1, -0.05) is 73.5 Å². The van der Waals surface area contributed by atoms with Gasteiger partial charge in [0.05, 0.1) is 0 Å². The second-order valence-corrected chi connectivity index (χ2v) is 9.12. The molecule has 0 heterocycles. The Hall–Kier alpha value is -1.26. The first-order valence-corrected chi connectivity index (χ1v) is 11.5. The third-order valence-electron chi connectivity index (χ3n) is 3.83. The highest BCUT2D eigenvalue weighted by Gasteiger charge is 2.03. The minimum atomic E-state index is -0.772. The van der Waals surface area contributed by atoms with Crippen LogP contribution in [0, 0.1) is 0 Å². The Morgan fingerprint density at radius 2 is 0.917 bits per heavy atom. The Balaban J connectivity index is 1.50. The number of hydrogen-bond donors (Lipinski definition) is 0. The molecule has 0 spiro atoms. The molecule has 0 saturated carbocycles. The van der Waals surface area contributed by atoms with Crippen molar-refractivity contribution in [1.82, 2.24) is 0 Å². The zero-order valence-corrected chi connectivity index (χ0v) is 15.7. The molecule has 130 valence electrons. The van der Waals surface area contributed by atoms with Crippen molar-refractivity contribution in [2.45, 2.75) is 37.2 Å². The van der Waals surface area contributed by atoms with Gasteiger partial charge in [-0.3, -0.25) is 8.42 Å². The maximum atomic E-state index is 12.0. The normalized spacial score (nSPS) is 13.5. The van der Waals surface area contributed by atoms with Crippen LogP contribution in [0.4, 0.5) is 0 Å². The largest absolute Gasteiger partial charge is 0.259 e. The van der Waals surface area contributed by atoms with E-state index in [4.69, 9.17) is 0 Å². The van der Waals surface area contributed by atoms with Crippen molar-refractivity contribution in [2.75, 3.05) is 11.5 Å². The highest BCUT2D eigenvalue weighted by Crippen LogP contribution is 2.08. The first-order valence-electron chi connectivity index (χ1n) is 8.52. The maximum absolute atomic E-state index is 12.0. The zero-order valence-electron chi connectivity index (χ0n) is 14.1. The second kappa shape index (κ2) is 11.3. The molecule has 0 aromatic heterocycles. The topological polar surface area (TPSA) is 34.1 Å². The van der Waals surface area contributed by atoms with Crippen LogP contribution in [0.15, 0.2) is 60.7 Å². The van der Waals surface area contributed by atoms with Gasteiger partial charge in [0, 0.05) is 44.6 Å². The molecule has 0 saturated heterocycles. The summed E-state index contributed by atoms with van der Waals surface area (Å²) in [5.74, 6) is 2.84. The lowest BCUT2D eigenvalue weighted by Crippen LogP contribution is -2.03. The minimum Gasteiger partial charge on any atom is -0.259 e. The molecular formula is C20H26O2S2. The van der Waals surface area contributed by atoms with Gasteiger partial charge in [-0.15, -0.1) is 0 Å². The summed E-state index contributed by atoms with van der Waals surface area (Å²) in [6.45, 7) is 0. The first kappa shape index (κ1) is 19.1. The van der Waals surface area contributed by atoms with Gasteiger partial charge >= 0.3 is 0 Å². The molecule has 2 unspecified atom stereocenters. The fourth-order valence-electron chi connectivity index (χ4n) is 2.54.